The van der Waals surface area contributed by atoms with Crippen molar-refractivity contribution in [3.05, 3.63) is 28.5 Å². The average Bonchev–Trinajstić information content (AvgIpc) is 3.01. The summed E-state index contributed by atoms with van der Waals surface area (Å²) < 4.78 is 0. The average molecular weight is 210 g/mol. The minimum atomic E-state index is 0.546. The lowest BCUT2D eigenvalue weighted by Crippen LogP contribution is -1.99. The summed E-state index contributed by atoms with van der Waals surface area (Å²) in [6.07, 6.45) is 3.66. The molecule has 0 aromatic carbocycles. The number of halogens is 1. The maximum Gasteiger partial charge on any atom is 0.0624 e. The van der Waals surface area contributed by atoms with Crippen molar-refractivity contribution in [3.8, 4) is 0 Å². The molecule has 1 saturated carbocycles. The number of pyridine rings is 1. The molecule has 2 heteroatoms. The van der Waals surface area contributed by atoms with Gasteiger partial charge in [0.2, 0.25) is 0 Å². The highest BCUT2D eigenvalue weighted by Gasteiger charge is 2.27. The van der Waals surface area contributed by atoms with E-state index in [1.54, 1.807) is 0 Å². The summed E-state index contributed by atoms with van der Waals surface area (Å²) in [5.41, 5.74) is 2.32. The van der Waals surface area contributed by atoms with E-state index >= 15 is 0 Å². The van der Waals surface area contributed by atoms with E-state index in [-0.39, 0.29) is 0 Å². The fourth-order valence-corrected chi connectivity index (χ4v) is 1.86. The summed E-state index contributed by atoms with van der Waals surface area (Å²) >= 11 is 6.12. The third kappa shape index (κ3) is 1.93. The van der Waals surface area contributed by atoms with Crippen molar-refractivity contribution < 1.29 is 0 Å². The second kappa shape index (κ2) is 3.90. The number of hydrogen-bond acceptors (Lipinski definition) is 1. The largest absolute Gasteiger partial charge is 0.256 e. The van der Waals surface area contributed by atoms with Gasteiger partial charge in [-0.05, 0) is 37.3 Å². The molecule has 0 amide bonds. The molecule has 0 unspecified atom stereocenters. The molecule has 1 aliphatic rings. The summed E-state index contributed by atoms with van der Waals surface area (Å²) in [4.78, 5) is 4.67. The van der Waals surface area contributed by atoms with Gasteiger partial charge < -0.3 is 0 Å². The molecule has 1 atom stereocenters. The highest BCUT2D eigenvalue weighted by Crippen LogP contribution is 2.42. The Labute approximate surface area is 90.5 Å². The van der Waals surface area contributed by atoms with E-state index in [1.165, 1.54) is 18.5 Å². The Morgan fingerprint density at radius 1 is 1.50 bits per heavy atom. The summed E-state index contributed by atoms with van der Waals surface area (Å²) in [6, 6.07) is 4.06. The first kappa shape index (κ1) is 9.97. The Bertz CT molecular complexity index is 331. The lowest BCUT2D eigenvalue weighted by Gasteiger charge is -2.10. The summed E-state index contributed by atoms with van der Waals surface area (Å²) in [5.74, 6) is 1.19. The highest BCUT2D eigenvalue weighted by atomic mass is 35.5. The van der Waals surface area contributed by atoms with Gasteiger partial charge in [-0.1, -0.05) is 25.4 Å². The van der Waals surface area contributed by atoms with Crippen molar-refractivity contribution in [2.45, 2.75) is 44.9 Å². The third-order valence-corrected chi connectivity index (χ3v) is 3.30. The molecule has 0 N–H and O–H groups in total. The standard InChI is InChI=1S/C12H16ClN/c1-3-8(2)11-7-6-10(13)12(14-11)9-4-5-9/h6-9H,3-5H2,1-2H3/t8-/m1/s1. The van der Waals surface area contributed by atoms with Crippen molar-refractivity contribution in [1.29, 1.82) is 0 Å². The van der Waals surface area contributed by atoms with Gasteiger partial charge in [-0.2, -0.15) is 0 Å². The smallest absolute Gasteiger partial charge is 0.0624 e. The molecule has 1 fully saturated rings. The van der Waals surface area contributed by atoms with E-state index in [2.05, 4.69) is 24.9 Å². The summed E-state index contributed by atoms with van der Waals surface area (Å²) in [6.45, 7) is 4.41. The molecule has 1 nitrogen and oxygen atoms in total. The van der Waals surface area contributed by atoms with Gasteiger partial charge in [-0.25, -0.2) is 0 Å². The topological polar surface area (TPSA) is 12.9 Å². The van der Waals surface area contributed by atoms with E-state index in [0.29, 0.717) is 11.8 Å². The predicted octanol–water partition coefficient (Wildman–Crippen LogP) is 4.13. The van der Waals surface area contributed by atoms with E-state index in [4.69, 9.17) is 11.6 Å². The predicted molar refractivity (Wildman–Crippen MR) is 59.9 cm³/mol. The Hall–Kier alpha value is -0.560. The molecule has 0 aliphatic heterocycles. The van der Waals surface area contributed by atoms with Crippen LogP contribution >= 0.6 is 11.6 Å². The highest BCUT2D eigenvalue weighted by molar-refractivity contribution is 6.31. The molecular formula is C12H16ClN. The van der Waals surface area contributed by atoms with Crippen molar-refractivity contribution in [2.24, 2.45) is 0 Å². The SMILES string of the molecule is CC[C@@H](C)c1ccc(Cl)c(C2CC2)n1. The van der Waals surface area contributed by atoms with Crippen molar-refractivity contribution >= 4 is 11.6 Å². The fourth-order valence-electron chi connectivity index (χ4n) is 1.60. The van der Waals surface area contributed by atoms with Crippen LogP contribution in [0.5, 0.6) is 0 Å². The van der Waals surface area contributed by atoms with Gasteiger partial charge >= 0.3 is 0 Å². The Balaban J connectivity index is 2.30. The lowest BCUT2D eigenvalue weighted by molar-refractivity contribution is 0.701. The monoisotopic (exact) mass is 209 g/mol. The normalized spacial score (nSPS) is 18.2. The zero-order valence-corrected chi connectivity index (χ0v) is 9.51. The van der Waals surface area contributed by atoms with Crippen LogP contribution in [-0.2, 0) is 0 Å². The molecule has 2 rings (SSSR count). The molecule has 0 saturated heterocycles. The van der Waals surface area contributed by atoms with Crippen LogP contribution in [0.4, 0.5) is 0 Å². The maximum atomic E-state index is 6.12. The van der Waals surface area contributed by atoms with Gasteiger partial charge in [-0.3, -0.25) is 4.98 Å². The fraction of sp³-hybridized carbons (Fsp3) is 0.583. The minimum Gasteiger partial charge on any atom is -0.256 e. The second-order valence-electron chi connectivity index (χ2n) is 4.19. The number of hydrogen-bond donors (Lipinski definition) is 0. The first-order valence-corrected chi connectivity index (χ1v) is 5.76. The van der Waals surface area contributed by atoms with Crippen LogP contribution in [-0.4, -0.2) is 4.98 Å². The zero-order chi connectivity index (χ0) is 10.1. The number of rotatable bonds is 3. The van der Waals surface area contributed by atoms with Crippen LogP contribution in [0.2, 0.25) is 5.02 Å². The van der Waals surface area contributed by atoms with E-state index in [9.17, 15) is 0 Å². The number of nitrogens with zero attached hydrogens (tertiary/aromatic N) is 1. The molecule has 1 aromatic rings. The van der Waals surface area contributed by atoms with Gasteiger partial charge in [0.1, 0.15) is 0 Å². The van der Waals surface area contributed by atoms with Gasteiger partial charge in [0, 0.05) is 11.6 Å². The van der Waals surface area contributed by atoms with Crippen molar-refractivity contribution in [2.75, 3.05) is 0 Å². The molecule has 0 spiro atoms. The van der Waals surface area contributed by atoms with Gasteiger partial charge in [0.05, 0.1) is 10.7 Å². The van der Waals surface area contributed by atoms with E-state index < -0.39 is 0 Å². The van der Waals surface area contributed by atoms with E-state index in [1.807, 2.05) is 6.07 Å². The van der Waals surface area contributed by atoms with Crippen LogP contribution < -0.4 is 0 Å². The van der Waals surface area contributed by atoms with Gasteiger partial charge in [0.15, 0.2) is 0 Å². The molecule has 1 aliphatic carbocycles. The van der Waals surface area contributed by atoms with Crippen LogP contribution in [0.1, 0.15) is 56.3 Å². The maximum absolute atomic E-state index is 6.12. The first-order valence-electron chi connectivity index (χ1n) is 5.38. The van der Waals surface area contributed by atoms with Crippen molar-refractivity contribution in [1.82, 2.24) is 4.98 Å². The summed E-state index contributed by atoms with van der Waals surface area (Å²) in [7, 11) is 0. The van der Waals surface area contributed by atoms with Crippen LogP contribution in [0.3, 0.4) is 0 Å². The van der Waals surface area contributed by atoms with Gasteiger partial charge in [-0.15, -0.1) is 0 Å². The van der Waals surface area contributed by atoms with Crippen LogP contribution in [0.15, 0.2) is 12.1 Å². The third-order valence-electron chi connectivity index (χ3n) is 2.98. The minimum absolute atomic E-state index is 0.546. The zero-order valence-electron chi connectivity index (χ0n) is 8.76. The van der Waals surface area contributed by atoms with Gasteiger partial charge in [0.25, 0.3) is 0 Å². The molecule has 14 heavy (non-hydrogen) atoms. The van der Waals surface area contributed by atoms with E-state index in [0.717, 1.165) is 17.1 Å². The van der Waals surface area contributed by atoms with Crippen molar-refractivity contribution in [3.63, 3.8) is 0 Å². The summed E-state index contributed by atoms with van der Waals surface area (Å²) in [5, 5.41) is 0.847. The first-order chi connectivity index (χ1) is 6.72. The number of aromatic nitrogens is 1. The second-order valence-corrected chi connectivity index (χ2v) is 4.59. The van der Waals surface area contributed by atoms with Crippen LogP contribution in [0.25, 0.3) is 0 Å². The molecule has 0 radical (unpaired) electrons. The Kier molecular flexibility index (Phi) is 2.78. The quantitative estimate of drug-likeness (QED) is 0.730. The lowest BCUT2D eigenvalue weighted by atomic mass is 10.0. The molecular weight excluding hydrogens is 194 g/mol. The Morgan fingerprint density at radius 3 is 2.79 bits per heavy atom. The molecule has 1 heterocycles. The molecule has 0 bridgehead atoms. The molecule has 1 aromatic heterocycles. The Morgan fingerprint density at radius 2 is 2.21 bits per heavy atom. The molecule has 76 valence electrons. The van der Waals surface area contributed by atoms with Crippen LogP contribution in [0, 0.1) is 0 Å².